The molecule has 0 aromatic heterocycles. The van der Waals surface area contributed by atoms with Crippen LogP contribution in [0.5, 0.6) is 0 Å². The highest BCUT2D eigenvalue weighted by atomic mass is 16.5. The van der Waals surface area contributed by atoms with Crippen LogP contribution in [0.2, 0.25) is 0 Å². The molecule has 0 atom stereocenters. The van der Waals surface area contributed by atoms with Gasteiger partial charge in [-0.25, -0.2) is 4.79 Å². The van der Waals surface area contributed by atoms with Crippen LogP contribution < -0.4 is 0 Å². The van der Waals surface area contributed by atoms with Crippen molar-refractivity contribution < 1.29 is 9.53 Å². The number of carbonyl (C=O) groups is 1. The fraction of sp³-hybridized carbons (Fsp3) is 0.235. The highest BCUT2D eigenvalue weighted by Gasteiger charge is 2.23. The Morgan fingerprint density at radius 2 is 1.57 bits per heavy atom. The molecule has 1 aliphatic carbocycles. The van der Waals surface area contributed by atoms with Crippen molar-refractivity contribution in [1.82, 2.24) is 0 Å². The first-order valence-electron chi connectivity index (χ1n) is 7.05. The van der Waals surface area contributed by atoms with Crippen molar-refractivity contribution >= 4 is 17.3 Å². The minimum Gasteiger partial charge on any atom is -0.462 e. The molecule has 0 radical (unpaired) electrons. The lowest BCUT2D eigenvalue weighted by atomic mass is 10.2. The number of carbonyl (C=O) groups excluding carboxylic acids is 1. The van der Waals surface area contributed by atoms with Crippen LogP contribution in [0.25, 0.3) is 0 Å². The van der Waals surface area contributed by atoms with E-state index in [1.807, 2.05) is 30.3 Å². The van der Waals surface area contributed by atoms with Gasteiger partial charge in [0.1, 0.15) is 0 Å². The quantitative estimate of drug-likeness (QED) is 0.590. The van der Waals surface area contributed by atoms with Crippen LogP contribution >= 0.6 is 0 Å². The third-order valence-electron chi connectivity index (χ3n) is 3.29. The number of hydrogen-bond donors (Lipinski definition) is 0. The topological polar surface area (TPSA) is 51.0 Å². The van der Waals surface area contributed by atoms with E-state index in [-0.39, 0.29) is 5.97 Å². The Bertz CT molecular complexity index is 632. The Morgan fingerprint density at radius 3 is 2.19 bits per heavy atom. The van der Waals surface area contributed by atoms with Crippen LogP contribution in [-0.2, 0) is 4.74 Å². The van der Waals surface area contributed by atoms with Gasteiger partial charge in [0.05, 0.1) is 23.5 Å². The Kier molecular flexibility index (Phi) is 4.05. The second-order valence-electron chi connectivity index (χ2n) is 5.12. The molecule has 1 saturated carbocycles. The second-order valence-corrected chi connectivity index (χ2v) is 5.12. The number of nitrogens with zero attached hydrogens (tertiary/aromatic N) is 2. The van der Waals surface area contributed by atoms with Gasteiger partial charge in [0.15, 0.2) is 0 Å². The zero-order valence-corrected chi connectivity index (χ0v) is 11.6. The molecule has 3 rings (SSSR count). The Labute approximate surface area is 123 Å². The largest absolute Gasteiger partial charge is 0.462 e. The van der Waals surface area contributed by atoms with Gasteiger partial charge < -0.3 is 4.74 Å². The molecule has 0 N–H and O–H groups in total. The molecule has 0 aliphatic heterocycles. The zero-order valence-electron chi connectivity index (χ0n) is 11.6. The Morgan fingerprint density at radius 1 is 0.952 bits per heavy atom. The average Bonchev–Trinajstić information content (AvgIpc) is 3.36. The van der Waals surface area contributed by atoms with E-state index >= 15 is 0 Å². The number of esters is 1. The van der Waals surface area contributed by atoms with E-state index in [0.717, 1.165) is 5.69 Å². The van der Waals surface area contributed by atoms with Gasteiger partial charge in [-0.2, -0.15) is 10.2 Å². The summed E-state index contributed by atoms with van der Waals surface area (Å²) in [5.41, 5.74) is 2.05. The molecular weight excluding hydrogens is 264 g/mol. The van der Waals surface area contributed by atoms with E-state index in [2.05, 4.69) is 10.2 Å². The highest BCUT2D eigenvalue weighted by Crippen LogP contribution is 2.29. The van der Waals surface area contributed by atoms with Gasteiger partial charge in [-0.1, -0.05) is 18.2 Å². The lowest BCUT2D eigenvalue weighted by Crippen LogP contribution is -2.07. The maximum atomic E-state index is 11.8. The molecule has 0 spiro atoms. The minimum absolute atomic E-state index is 0.270. The minimum atomic E-state index is -0.270. The summed E-state index contributed by atoms with van der Waals surface area (Å²) in [4.78, 5) is 11.8. The van der Waals surface area contributed by atoms with Crippen LogP contribution in [0.4, 0.5) is 11.4 Å². The van der Waals surface area contributed by atoms with Crippen molar-refractivity contribution in [2.75, 3.05) is 6.61 Å². The van der Waals surface area contributed by atoms with Crippen molar-refractivity contribution in [3.8, 4) is 0 Å². The monoisotopic (exact) mass is 280 g/mol. The van der Waals surface area contributed by atoms with Crippen LogP contribution in [0.3, 0.4) is 0 Å². The van der Waals surface area contributed by atoms with E-state index in [0.29, 0.717) is 23.8 Å². The van der Waals surface area contributed by atoms with Gasteiger partial charge in [-0.05, 0) is 55.2 Å². The lowest BCUT2D eigenvalue weighted by molar-refractivity contribution is 0.0486. The van der Waals surface area contributed by atoms with Gasteiger partial charge in [0, 0.05) is 0 Å². The van der Waals surface area contributed by atoms with E-state index in [4.69, 9.17) is 4.74 Å². The molecule has 0 saturated heterocycles. The molecule has 0 heterocycles. The number of rotatable bonds is 5. The summed E-state index contributed by atoms with van der Waals surface area (Å²) < 4.78 is 5.23. The van der Waals surface area contributed by atoms with Crippen molar-refractivity contribution in [2.45, 2.75) is 12.8 Å². The predicted octanol–water partition coefficient (Wildman–Crippen LogP) is 4.67. The lowest BCUT2D eigenvalue weighted by Gasteiger charge is -2.03. The summed E-state index contributed by atoms with van der Waals surface area (Å²) in [6.07, 6.45) is 2.35. The normalized spacial score (nSPS) is 14.3. The molecule has 2 aromatic carbocycles. The summed E-state index contributed by atoms with van der Waals surface area (Å²) in [5.74, 6) is 0.307. The van der Waals surface area contributed by atoms with Gasteiger partial charge in [-0.15, -0.1) is 0 Å². The third kappa shape index (κ3) is 3.99. The molecule has 4 nitrogen and oxygen atoms in total. The fourth-order valence-corrected chi connectivity index (χ4v) is 1.84. The van der Waals surface area contributed by atoms with E-state index in [9.17, 15) is 4.79 Å². The first-order valence-corrected chi connectivity index (χ1v) is 7.05. The molecule has 106 valence electrons. The van der Waals surface area contributed by atoms with Crippen molar-refractivity contribution in [3.63, 3.8) is 0 Å². The number of azo groups is 1. The molecule has 1 fully saturated rings. The molecule has 0 unspecified atom stereocenters. The molecular formula is C17H16N2O2. The summed E-state index contributed by atoms with van der Waals surface area (Å²) in [6, 6.07) is 16.5. The number of benzene rings is 2. The van der Waals surface area contributed by atoms with Gasteiger partial charge in [0.25, 0.3) is 0 Å². The number of hydrogen-bond acceptors (Lipinski definition) is 4. The van der Waals surface area contributed by atoms with E-state index < -0.39 is 0 Å². The number of ether oxygens (including phenoxy) is 1. The van der Waals surface area contributed by atoms with Crippen LogP contribution in [0.15, 0.2) is 64.8 Å². The Balaban J connectivity index is 1.60. The zero-order chi connectivity index (χ0) is 14.5. The highest BCUT2D eigenvalue weighted by molar-refractivity contribution is 5.89. The van der Waals surface area contributed by atoms with Crippen molar-refractivity contribution in [2.24, 2.45) is 16.1 Å². The summed E-state index contributed by atoms with van der Waals surface area (Å²) in [5, 5.41) is 8.26. The fourth-order valence-electron chi connectivity index (χ4n) is 1.84. The van der Waals surface area contributed by atoms with Gasteiger partial charge in [0.2, 0.25) is 0 Å². The predicted molar refractivity (Wildman–Crippen MR) is 80.1 cm³/mol. The summed E-state index contributed by atoms with van der Waals surface area (Å²) in [6.45, 7) is 0.536. The van der Waals surface area contributed by atoms with Crippen molar-refractivity contribution in [1.29, 1.82) is 0 Å². The molecule has 0 bridgehead atoms. The average molecular weight is 280 g/mol. The van der Waals surface area contributed by atoms with E-state index in [1.54, 1.807) is 24.3 Å². The van der Waals surface area contributed by atoms with Gasteiger partial charge >= 0.3 is 5.97 Å². The van der Waals surface area contributed by atoms with Gasteiger partial charge in [-0.3, -0.25) is 0 Å². The first-order chi connectivity index (χ1) is 10.3. The van der Waals surface area contributed by atoms with Crippen LogP contribution in [-0.4, -0.2) is 12.6 Å². The smallest absolute Gasteiger partial charge is 0.338 e. The molecule has 0 amide bonds. The summed E-state index contributed by atoms with van der Waals surface area (Å²) in [7, 11) is 0. The second kappa shape index (κ2) is 6.31. The maximum absolute atomic E-state index is 11.8. The van der Waals surface area contributed by atoms with Crippen LogP contribution in [0.1, 0.15) is 23.2 Å². The molecule has 1 aliphatic rings. The molecule has 2 aromatic rings. The van der Waals surface area contributed by atoms with Crippen LogP contribution in [0, 0.1) is 5.92 Å². The van der Waals surface area contributed by atoms with E-state index in [1.165, 1.54) is 12.8 Å². The maximum Gasteiger partial charge on any atom is 0.338 e. The standard InChI is InChI=1S/C17H16N2O2/c20-17(21-12-13-6-7-13)14-8-10-16(11-9-14)19-18-15-4-2-1-3-5-15/h1-5,8-11,13H,6-7,12H2. The first kappa shape index (κ1) is 13.5. The SMILES string of the molecule is O=C(OCC1CC1)c1ccc(N=Nc2ccccc2)cc1. The summed E-state index contributed by atoms with van der Waals surface area (Å²) >= 11 is 0. The molecule has 21 heavy (non-hydrogen) atoms. The molecule has 4 heteroatoms. The Hall–Kier alpha value is -2.49. The van der Waals surface area contributed by atoms with Crippen molar-refractivity contribution in [3.05, 3.63) is 60.2 Å². The third-order valence-corrected chi connectivity index (χ3v) is 3.29.